The second-order valence-electron chi connectivity index (χ2n) is 4.19. The average molecular weight is 298 g/mol. The van der Waals surface area contributed by atoms with Crippen LogP contribution in [0, 0.1) is 0 Å². The van der Waals surface area contributed by atoms with E-state index in [4.69, 9.17) is 10.8 Å². The van der Waals surface area contributed by atoms with Crippen LogP contribution in [-0.2, 0) is 17.8 Å². The summed E-state index contributed by atoms with van der Waals surface area (Å²) < 4.78 is 1.12. The number of amides is 3. The van der Waals surface area contributed by atoms with E-state index in [-0.39, 0.29) is 30.9 Å². The van der Waals surface area contributed by atoms with Gasteiger partial charge in [0.05, 0.1) is 5.69 Å². The molecule has 0 aliphatic rings. The van der Waals surface area contributed by atoms with Crippen LogP contribution in [0.2, 0.25) is 0 Å². The Morgan fingerprint density at radius 2 is 2.10 bits per heavy atom. The second-order valence-corrected chi connectivity index (χ2v) is 4.19. The van der Waals surface area contributed by atoms with Gasteiger partial charge in [-0.1, -0.05) is 12.1 Å². The number of carbonyl (C=O) groups excluding carboxylic acids is 2. The third kappa shape index (κ3) is 4.84. The van der Waals surface area contributed by atoms with Gasteiger partial charge in [-0.05, 0) is 13.0 Å². The van der Waals surface area contributed by atoms with Crippen LogP contribution in [0.1, 0.15) is 29.5 Å². The van der Waals surface area contributed by atoms with Crippen LogP contribution in [0.4, 0.5) is 4.79 Å². The van der Waals surface area contributed by atoms with Crippen molar-refractivity contribution in [3.63, 3.8) is 0 Å². The van der Waals surface area contributed by atoms with Gasteiger partial charge >= 0.3 is 12.0 Å². The molecular formula is C11H18N6O4. The first kappa shape index (κ1) is 16.6. The number of nitrogens with one attached hydrogen (secondary N) is 2. The molecule has 0 saturated carbocycles. The molecule has 21 heavy (non-hydrogen) atoms. The molecule has 10 heteroatoms. The van der Waals surface area contributed by atoms with E-state index in [0.717, 1.165) is 11.1 Å². The quantitative estimate of drug-likeness (QED) is 0.488. The summed E-state index contributed by atoms with van der Waals surface area (Å²) in [4.78, 5) is 34.0. The summed E-state index contributed by atoms with van der Waals surface area (Å²) in [6, 6.07) is -0.610. The standard InChI is InChI=1S/C11H18N6O4/c1-2-5-13-11(21)14-8(18)6-17-7(3-4-12)9(10(19)20)15-16-17/h2-6,12H2,1H3,(H,19,20)(H2,13,14,18,21). The zero-order valence-electron chi connectivity index (χ0n) is 11.6. The summed E-state index contributed by atoms with van der Waals surface area (Å²) in [6.07, 6.45) is 0.956. The van der Waals surface area contributed by atoms with Gasteiger partial charge in [0.2, 0.25) is 5.91 Å². The van der Waals surface area contributed by atoms with Crippen molar-refractivity contribution in [3.05, 3.63) is 11.4 Å². The highest BCUT2D eigenvalue weighted by Crippen LogP contribution is 2.06. The average Bonchev–Trinajstić information content (AvgIpc) is 2.80. The maximum atomic E-state index is 11.7. The summed E-state index contributed by atoms with van der Waals surface area (Å²) in [5.41, 5.74) is 5.40. The highest BCUT2D eigenvalue weighted by molar-refractivity contribution is 5.94. The summed E-state index contributed by atoms with van der Waals surface area (Å²) in [5, 5.41) is 20.7. The summed E-state index contributed by atoms with van der Waals surface area (Å²) in [5.74, 6) is -1.87. The molecule has 1 heterocycles. The number of urea groups is 1. The van der Waals surface area contributed by atoms with Crippen LogP contribution in [-0.4, -0.2) is 51.1 Å². The summed E-state index contributed by atoms with van der Waals surface area (Å²) in [6.45, 7) is 2.20. The molecule has 0 aliphatic carbocycles. The lowest BCUT2D eigenvalue weighted by atomic mass is 10.2. The van der Waals surface area contributed by atoms with Crippen LogP contribution < -0.4 is 16.4 Å². The molecule has 0 atom stereocenters. The Morgan fingerprint density at radius 1 is 1.38 bits per heavy atom. The Labute approximate surface area is 120 Å². The lowest BCUT2D eigenvalue weighted by Crippen LogP contribution is -2.41. The number of aromatic carboxylic acids is 1. The van der Waals surface area contributed by atoms with Crippen molar-refractivity contribution in [1.82, 2.24) is 25.6 Å². The first-order valence-electron chi connectivity index (χ1n) is 6.43. The summed E-state index contributed by atoms with van der Waals surface area (Å²) in [7, 11) is 0. The Morgan fingerprint density at radius 3 is 2.67 bits per heavy atom. The smallest absolute Gasteiger partial charge is 0.358 e. The fourth-order valence-electron chi connectivity index (χ4n) is 1.59. The minimum atomic E-state index is -1.24. The number of carbonyl (C=O) groups is 3. The molecule has 0 aromatic carbocycles. The molecule has 0 saturated heterocycles. The Kier molecular flexibility index (Phi) is 6.27. The predicted octanol–water partition coefficient (Wildman–Crippen LogP) is -1.29. The molecule has 116 valence electrons. The van der Waals surface area contributed by atoms with Crippen LogP contribution >= 0.6 is 0 Å². The first-order chi connectivity index (χ1) is 9.99. The van der Waals surface area contributed by atoms with E-state index >= 15 is 0 Å². The molecule has 0 spiro atoms. The van der Waals surface area contributed by atoms with Crippen molar-refractivity contribution in [3.8, 4) is 0 Å². The van der Waals surface area contributed by atoms with Gasteiger partial charge in [-0.3, -0.25) is 10.1 Å². The molecule has 1 aromatic heterocycles. The second kappa shape index (κ2) is 7.94. The minimum absolute atomic E-state index is 0.187. The Hall–Kier alpha value is -2.49. The van der Waals surface area contributed by atoms with E-state index < -0.39 is 17.9 Å². The van der Waals surface area contributed by atoms with Gasteiger partial charge in [-0.25, -0.2) is 14.3 Å². The molecule has 0 unspecified atom stereocenters. The summed E-state index contributed by atoms with van der Waals surface area (Å²) >= 11 is 0. The number of carboxylic acid groups (broad SMARTS) is 1. The molecule has 1 aromatic rings. The monoisotopic (exact) mass is 298 g/mol. The molecular weight excluding hydrogens is 280 g/mol. The number of hydrogen-bond donors (Lipinski definition) is 4. The molecule has 10 nitrogen and oxygen atoms in total. The van der Waals surface area contributed by atoms with Crippen molar-refractivity contribution >= 4 is 17.9 Å². The number of hydrogen-bond acceptors (Lipinski definition) is 6. The zero-order chi connectivity index (χ0) is 15.8. The van der Waals surface area contributed by atoms with E-state index in [1.165, 1.54) is 0 Å². The van der Waals surface area contributed by atoms with Gasteiger partial charge in [0, 0.05) is 13.0 Å². The van der Waals surface area contributed by atoms with Crippen LogP contribution in [0.15, 0.2) is 0 Å². The molecule has 0 fully saturated rings. The third-order valence-electron chi connectivity index (χ3n) is 2.50. The Bertz CT molecular complexity index is 527. The van der Waals surface area contributed by atoms with Gasteiger partial charge in [0.25, 0.3) is 0 Å². The number of imide groups is 1. The van der Waals surface area contributed by atoms with Crippen LogP contribution in [0.5, 0.6) is 0 Å². The van der Waals surface area contributed by atoms with E-state index in [1.54, 1.807) is 0 Å². The van der Waals surface area contributed by atoms with Gasteiger partial charge in [0.1, 0.15) is 6.54 Å². The fourth-order valence-corrected chi connectivity index (χ4v) is 1.59. The predicted molar refractivity (Wildman–Crippen MR) is 71.6 cm³/mol. The topological polar surface area (TPSA) is 152 Å². The fraction of sp³-hybridized carbons (Fsp3) is 0.545. The van der Waals surface area contributed by atoms with Crippen molar-refractivity contribution in [2.24, 2.45) is 5.73 Å². The van der Waals surface area contributed by atoms with E-state index in [1.807, 2.05) is 6.92 Å². The van der Waals surface area contributed by atoms with E-state index in [0.29, 0.717) is 6.54 Å². The van der Waals surface area contributed by atoms with Crippen molar-refractivity contribution in [1.29, 1.82) is 0 Å². The lowest BCUT2D eigenvalue weighted by molar-refractivity contribution is -0.120. The van der Waals surface area contributed by atoms with Crippen molar-refractivity contribution < 1.29 is 19.5 Å². The zero-order valence-corrected chi connectivity index (χ0v) is 11.6. The first-order valence-corrected chi connectivity index (χ1v) is 6.43. The lowest BCUT2D eigenvalue weighted by Gasteiger charge is -2.07. The number of aromatic nitrogens is 3. The number of nitrogens with two attached hydrogens (primary N) is 1. The third-order valence-corrected chi connectivity index (χ3v) is 2.50. The minimum Gasteiger partial charge on any atom is -0.476 e. The molecule has 5 N–H and O–H groups in total. The Balaban J connectivity index is 2.71. The normalized spacial score (nSPS) is 10.2. The molecule has 0 aliphatic heterocycles. The van der Waals surface area contributed by atoms with Gasteiger partial charge in [-0.2, -0.15) is 0 Å². The highest BCUT2D eigenvalue weighted by atomic mass is 16.4. The largest absolute Gasteiger partial charge is 0.476 e. The van der Waals surface area contributed by atoms with Crippen molar-refractivity contribution in [2.45, 2.75) is 26.3 Å². The van der Waals surface area contributed by atoms with Crippen molar-refractivity contribution in [2.75, 3.05) is 13.1 Å². The van der Waals surface area contributed by atoms with Gasteiger partial charge in [-0.15, -0.1) is 5.10 Å². The number of carboxylic acids is 1. The number of nitrogens with zero attached hydrogens (tertiary/aromatic N) is 3. The maximum absolute atomic E-state index is 11.7. The van der Waals surface area contributed by atoms with Crippen LogP contribution in [0.3, 0.4) is 0 Å². The number of rotatable bonds is 7. The SMILES string of the molecule is CCCNC(=O)NC(=O)Cn1nnc(C(=O)O)c1CCN. The van der Waals surface area contributed by atoms with E-state index in [2.05, 4.69) is 20.9 Å². The van der Waals surface area contributed by atoms with Gasteiger partial charge < -0.3 is 16.2 Å². The maximum Gasteiger partial charge on any atom is 0.358 e. The highest BCUT2D eigenvalue weighted by Gasteiger charge is 2.20. The van der Waals surface area contributed by atoms with Crippen LogP contribution in [0.25, 0.3) is 0 Å². The molecule has 1 rings (SSSR count). The molecule has 0 bridgehead atoms. The van der Waals surface area contributed by atoms with Gasteiger partial charge in [0.15, 0.2) is 5.69 Å². The molecule has 3 amide bonds. The van der Waals surface area contributed by atoms with E-state index in [9.17, 15) is 14.4 Å². The molecule has 0 radical (unpaired) electrons.